The summed E-state index contributed by atoms with van der Waals surface area (Å²) < 4.78 is 4.51. The lowest BCUT2D eigenvalue weighted by atomic mass is 10.2. The normalized spacial score (nSPS) is 10.9. The van der Waals surface area contributed by atoms with Gasteiger partial charge in [0, 0.05) is 5.57 Å². The van der Waals surface area contributed by atoms with E-state index in [2.05, 4.69) is 11.3 Å². The molecule has 2 N–H and O–H groups in total. The van der Waals surface area contributed by atoms with Crippen LogP contribution in [0.15, 0.2) is 23.8 Å². The summed E-state index contributed by atoms with van der Waals surface area (Å²) >= 11 is 0. The maximum atomic E-state index is 11.0. The molecule has 0 bridgehead atoms. The van der Waals surface area contributed by atoms with Gasteiger partial charge in [0.2, 0.25) is 0 Å². The maximum Gasteiger partial charge on any atom is 0.337 e. The summed E-state index contributed by atoms with van der Waals surface area (Å²) in [4.78, 5) is 21.4. The third-order valence-electron chi connectivity index (χ3n) is 1.31. The largest absolute Gasteiger partial charge is 0.478 e. The molecule has 0 unspecified atom stereocenters. The van der Waals surface area contributed by atoms with Crippen molar-refractivity contribution in [3.8, 4) is 0 Å². The van der Waals surface area contributed by atoms with Crippen molar-refractivity contribution in [3.05, 3.63) is 23.8 Å². The van der Waals surface area contributed by atoms with E-state index >= 15 is 0 Å². The molecule has 0 fully saturated rings. The molecule has 0 saturated heterocycles. The van der Waals surface area contributed by atoms with Crippen LogP contribution in [0.3, 0.4) is 0 Å². The average molecular weight is 200 g/mol. The van der Waals surface area contributed by atoms with Gasteiger partial charge < -0.3 is 14.9 Å². The van der Waals surface area contributed by atoms with Gasteiger partial charge in [0.15, 0.2) is 0 Å². The van der Waals surface area contributed by atoms with Crippen LogP contribution in [0.1, 0.15) is 6.92 Å². The number of ether oxygens (including phenoxy) is 1. The second kappa shape index (κ2) is 5.93. The highest BCUT2D eigenvalue weighted by molar-refractivity contribution is 5.94. The van der Waals surface area contributed by atoms with Crippen molar-refractivity contribution < 1.29 is 24.5 Å². The first-order chi connectivity index (χ1) is 6.49. The average Bonchev–Trinajstić information content (AvgIpc) is 2.13. The van der Waals surface area contributed by atoms with E-state index in [0.717, 1.165) is 6.08 Å². The number of esters is 1. The quantitative estimate of drug-likeness (QED) is 0.374. The van der Waals surface area contributed by atoms with Crippen LogP contribution >= 0.6 is 0 Å². The lowest BCUT2D eigenvalue weighted by Gasteiger charge is -2.02. The molecule has 78 valence electrons. The monoisotopic (exact) mass is 200 g/mol. The topological polar surface area (TPSA) is 83.8 Å². The number of aliphatic hydroxyl groups is 1. The summed E-state index contributed by atoms with van der Waals surface area (Å²) in [5, 5.41) is 16.8. The van der Waals surface area contributed by atoms with E-state index in [4.69, 9.17) is 10.2 Å². The molecular weight excluding hydrogens is 188 g/mol. The number of carbonyl (C=O) groups is 2. The number of hydrogen-bond acceptors (Lipinski definition) is 4. The first-order valence-corrected chi connectivity index (χ1v) is 3.87. The van der Waals surface area contributed by atoms with Gasteiger partial charge in [-0.15, -0.1) is 0 Å². The van der Waals surface area contributed by atoms with E-state index in [1.165, 1.54) is 6.92 Å². The fraction of sp³-hybridized carbons (Fsp3) is 0.333. The Hall–Kier alpha value is -1.62. The van der Waals surface area contributed by atoms with Crippen LogP contribution in [0, 0.1) is 0 Å². The zero-order valence-electron chi connectivity index (χ0n) is 7.82. The minimum Gasteiger partial charge on any atom is -0.478 e. The molecule has 0 heterocycles. The summed E-state index contributed by atoms with van der Waals surface area (Å²) in [5.74, 6) is -1.86. The highest BCUT2D eigenvalue weighted by Crippen LogP contribution is 2.02. The van der Waals surface area contributed by atoms with Crippen molar-refractivity contribution in [2.45, 2.75) is 6.92 Å². The minimum absolute atomic E-state index is 0.00375. The van der Waals surface area contributed by atoms with Crippen molar-refractivity contribution in [1.29, 1.82) is 0 Å². The summed E-state index contributed by atoms with van der Waals surface area (Å²) in [6.07, 6.45) is 1.11. The molecule has 0 spiro atoms. The second-order valence-electron chi connectivity index (χ2n) is 2.52. The van der Waals surface area contributed by atoms with Crippen molar-refractivity contribution in [2.75, 3.05) is 13.2 Å². The van der Waals surface area contributed by atoms with E-state index in [9.17, 15) is 9.59 Å². The van der Waals surface area contributed by atoms with E-state index < -0.39 is 11.9 Å². The van der Waals surface area contributed by atoms with Crippen LogP contribution in [0.2, 0.25) is 0 Å². The first-order valence-electron chi connectivity index (χ1n) is 3.87. The van der Waals surface area contributed by atoms with Crippen LogP contribution in [-0.4, -0.2) is 35.4 Å². The van der Waals surface area contributed by atoms with Crippen LogP contribution in [0.25, 0.3) is 0 Å². The highest BCUT2D eigenvalue weighted by Gasteiger charge is 2.08. The fourth-order valence-corrected chi connectivity index (χ4v) is 0.613. The molecule has 0 aromatic heterocycles. The third-order valence-corrected chi connectivity index (χ3v) is 1.31. The number of carboxylic acid groups (broad SMARTS) is 1. The second-order valence-corrected chi connectivity index (χ2v) is 2.52. The zero-order chi connectivity index (χ0) is 11.1. The standard InChI is InChI=1S/C9H12O5/c1-6(8(11)12)5-7(2)9(13)14-4-3-10/h5,10H,2-4H2,1H3,(H,11,12). The van der Waals surface area contributed by atoms with Crippen molar-refractivity contribution in [3.63, 3.8) is 0 Å². The van der Waals surface area contributed by atoms with Crippen LogP contribution < -0.4 is 0 Å². The Labute approximate surface area is 81.3 Å². The van der Waals surface area contributed by atoms with Gasteiger partial charge in [-0.1, -0.05) is 6.58 Å². The number of carbonyl (C=O) groups excluding carboxylic acids is 1. The fourth-order valence-electron chi connectivity index (χ4n) is 0.613. The number of rotatable bonds is 5. The smallest absolute Gasteiger partial charge is 0.337 e. The summed E-state index contributed by atoms with van der Waals surface area (Å²) in [5.41, 5.74) is -0.0608. The van der Waals surface area contributed by atoms with Crippen molar-refractivity contribution in [2.24, 2.45) is 0 Å². The Balaban J connectivity index is 4.27. The van der Waals surface area contributed by atoms with Crippen molar-refractivity contribution >= 4 is 11.9 Å². The van der Waals surface area contributed by atoms with E-state index in [1.54, 1.807) is 0 Å². The molecule has 0 aromatic carbocycles. The summed E-state index contributed by atoms with van der Waals surface area (Å²) in [6, 6.07) is 0. The van der Waals surface area contributed by atoms with Gasteiger partial charge >= 0.3 is 11.9 Å². The molecule has 0 aromatic rings. The molecule has 5 heteroatoms. The number of aliphatic hydroxyl groups excluding tert-OH is 1. The lowest BCUT2D eigenvalue weighted by Crippen LogP contribution is -2.10. The minimum atomic E-state index is -1.12. The Morgan fingerprint density at radius 2 is 2.07 bits per heavy atom. The Kier molecular flexibility index (Phi) is 5.24. The van der Waals surface area contributed by atoms with Crippen LogP contribution in [0.4, 0.5) is 0 Å². The van der Waals surface area contributed by atoms with E-state index in [0.29, 0.717) is 0 Å². The molecule has 0 radical (unpaired) electrons. The third kappa shape index (κ3) is 4.42. The predicted molar refractivity (Wildman–Crippen MR) is 48.6 cm³/mol. The van der Waals surface area contributed by atoms with Crippen LogP contribution in [0.5, 0.6) is 0 Å². The van der Waals surface area contributed by atoms with Gasteiger partial charge in [0.1, 0.15) is 6.61 Å². The van der Waals surface area contributed by atoms with Gasteiger partial charge in [-0.05, 0) is 13.0 Å². The number of carboxylic acids is 1. The molecule has 0 aliphatic heterocycles. The maximum absolute atomic E-state index is 11.0. The molecule has 0 aliphatic rings. The van der Waals surface area contributed by atoms with Crippen molar-refractivity contribution in [1.82, 2.24) is 0 Å². The van der Waals surface area contributed by atoms with E-state index in [1.807, 2.05) is 0 Å². The predicted octanol–water partition coefficient (Wildman–Crippen LogP) is 0.109. The first kappa shape index (κ1) is 12.4. The molecule has 0 saturated carbocycles. The van der Waals surface area contributed by atoms with Gasteiger partial charge in [0.05, 0.1) is 12.2 Å². The van der Waals surface area contributed by atoms with Gasteiger partial charge in [-0.3, -0.25) is 0 Å². The summed E-state index contributed by atoms with van der Waals surface area (Å²) in [7, 11) is 0. The SMILES string of the molecule is C=C(C=C(C)C(=O)O)C(=O)OCCO. The highest BCUT2D eigenvalue weighted by atomic mass is 16.5. The van der Waals surface area contributed by atoms with Gasteiger partial charge in [-0.25, -0.2) is 9.59 Å². The Morgan fingerprint density at radius 3 is 2.50 bits per heavy atom. The lowest BCUT2D eigenvalue weighted by molar-refractivity contribution is -0.139. The summed E-state index contributed by atoms with van der Waals surface area (Å²) in [6.45, 7) is 4.27. The molecular formula is C9H12O5. The number of aliphatic carboxylic acids is 1. The van der Waals surface area contributed by atoms with Gasteiger partial charge in [0.25, 0.3) is 0 Å². The van der Waals surface area contributed by atoms with Gasteiger partial charge in [-0.2, -0.15) is 0 Å². The molecule has 14 heavy (non-hydrogen) atoms. The molecule has 0 rings (SSSR count). The Bertz CT molecular complexity index is 277. The zero-order valence-corrected chi connectivity index (χ0v) is 7.82. The molecule has 5 nitrogen and oxygen atoms in total. The number of hydrogen-bond donors (Lipinski definition) is 2. The Morgan fingerprint density at radius 1 is 1.50 bits per heavy atom. The van der Waals surface area contributed by atoms with E-state index in [-0.39, 0.29) is 24.4 Å². The molecule has 0 aliphatic carbocycles. The molecule has 0 amide bonds. The molecule has 0 atom stereocenters. The van der Waals surface area contributed by atoms with Crippen LogP contribution in [-0.2, 0) is 14.3 Å².